The third kappa shape index (κ3) is 14.2. The van der Waals surface area contributed by atoms with Crippen LogP contribution in [0.3, 0.4) is 0 Å². The molecule has 2 aromatic rings. The molecule has 0 amide bonds. The second kappa shape index (κ2) is 24.8. The van der Waals surface area contributed by atoms with E-state index in [0.29, 0.717) is 45.3 Å². The van der Waals surface area contributed by atoms with Gasteiger partial charge in [-0.3, -0.25) is 0 Å². The predicted molar refractivity (Wildman–Crippen MR) is 280 cm³/mol. The van der Waals surface area contributed by atoms with Crippen molar-refractivity contribution < 1.29 is 0 Å². The summed E-state index contributed by atoms with van der Waals surface area (Å²) in [6, 6.07) is 7.91. The van der Waals surface area contributed by atoms with Crippen molar-refractivity contribution in [1.29, 1.82) is 0 Å². The molecule has 2 rings (SSSR count). The normalized spacial score (nSPS) is 14.7. The molecule has 0 aromatic carbocycles. The third-order valence-electron chi connectivity index (χ3n) is 11.1. The van der Waals surface area contributed by atoms with Crippen molar-refractivity contribution in [1.82, 2.24) is 9.97 Å². The molecular weight excluding hydrogens is 1100 g/mol. The molecule has 2 heterocycles. The van der Waals surface area contributed by atoms with Gasteiger partial charge < -0.3 is 0 Å². The van der Waals surface area contributed by atoms with Crippen LogP contribution < -0.4 is 0 Å². The summed E-state index contributed by atoms with van der Waals surface area (Å²) in [7, 11) is 29.0. The molecule has 2 atom stereocenters. The monoisotopic (exact) mass is 1170 g/mol. The van der Waals surface area contributed by atoms with E-state index in [1.165, 1.54) is 0 Å². The van der Waals surface area contributed by atoms with Gasteiger partial charge in [0.1, 0.15) is 0 Å². The molecule has 5 radical (unpaired) electrons. The van der Waals surface area contributed by atoms with Gasteiger partial charge in [0.15, 0.2) is 0 Å². The first-order valence-corrected chi connectivity index (χ1v) is 48.1. The van der Waals surface area contributed by atoms with E-state index in [4.69, 9.17) is 85.4 Å². The molecule has 0 aliphatic carbocycles. The summed E-state index contributed by atoms with van der Waals surface area (Å²) in [5.74, 6) is 0. The Morgan fingerprint density at radius 2 is 0.927 bits per heavy atom. The van der Waals surface area contributed by atoms with Crippen LogP contribution in [0.2, 0.25) is 0 Å². The molecule has 0 fully saturated rings. The molecule has 55 heavy (non-hydrogen) atoms. The summed E-state index contributed by atoms with van der Waals surface area (Å²) in [5.41, 5.74) is 8.37. The summed E-state index contributed by atoms with van der Waals surface area (Å²) in [4.78, 5) is 10.2. The maximum absolute atomic E-state index is 6.81. The second-order valence-corrected chi connectivity index (χ2v) is 62.7. The van der Waals surface area contributed by atoms with Crippen LogP contribution in [-0.4, -0.2) is 95.6 Å². The zero-order valence-corrected chi connectivity index (χ0v) is 52.1. The van der Waals surface area contributed by atoms with Crippen molar-refractivity contribution in [2.75, 3.05) is 0 Å². The van der Waals surface area contributed by atoms with Gasteiger partial charge in [0, 0.05) is 0 Å². The van der Waals surface area contributed by atoms with Gasteiger partial charge in [-0.1, -0.05) is 0 Å². The molecule has 0 aliphatic heterocycles. The van der Waals surface area contributed by atoms with E-state index in [-0.39, 0.29) is 8.98 Å². The Morgan fingerprint density at radius 1 is 0.582 bits per heavy atom. The molecule has 0 spiro atoms. The fourth-order valence-corrected chi connectivity index (χ4v) is 70.1. The molecule has 0 N–H and O–H groups in total. The second-order valence-electron chi connectivity index (χ2n) is 16.9. The van der Waals surface area contributed by atoms with Gasteiger partial charge in [0.2, 0.25) is 0 Å². The first-order valence-electron chi connectivity index (χ1n) is 19.4. The van der Waals surface area contributed by atoms with Crippen molar-refractivity contribution in [3.05, 3.63) is 59.2 Å². The van der Waals surface area contributed by atoms with Crippen LogP contribution >= 0.6 is 74.3 Å². The summed E-state index contributed by atoms with van der Waals surface area (Å²) < 4.78 is 0.313. The fourth-order valence-electron chi connectivity index (χ4n) is 7.50. The Kier molecular flexibility index (Phi) is 25.6. The molecule has 0 unspecified atom stereocenters. The number of rotatable bonds is 19. The minimum absolute atomic E-state index is 0.0757. The summed E-state index contributed by atoms with van der Waals surface area (Å²) in [5, 5.41) is 0. The first kappa shape index (κ1) is 56.8. The van der Waals surface area contributed by atoms with Gasteiger partial charge in [0.25, 0.3) is 0 Å². The number of hydrogen-bond donors (Lipinski definition) is 0. The topological polar surface area (TPSA) is 25.8 Å². The van der Waals surface area contributed by atoms with Gasteiger partial charge in [-0.25, -0.2) is 0 Å². The Labute approximate surface area is 391 Å². The Bertz CT molecular complexity index is 1600. The Morgan fingerprint density at radius 3 is 1.20 bits per heavy atom. The van der Waals surface area contributed by atoms with Crippen LogP contribution in [0.5, 0.6) is 0 Å². The molecule has 313 valence electrons. The number of hydrogen-bond acceptors (Lipinski definition) is 6. The van der Waals surface area contributed by atoms with Crippen molar-refractivity contribution >= 4 is 150 Å². The van der Waals surface area contributed by atoms with E-state index in [0.717, 1.165) is 35.1 Å². The number of pyridine rings is 2. The van der Waals surface area contributed by atoms with E-state index in [1.54, 1.807) is 0 Å². The first-order chi connectivity index (χ1) is 25.1. The van der Waals surface area contributed by atoms with E-state index in [2.05, 4.69) is 163 Å². The van der Waals surface area contributed by atoms with Gasteiger partial charge in [-0.05, 0) is 0 Å². The Balaban J connectivity index is 0.000000550. The quantitative estimate of drug-likeness (QED) is 0.103. The van der Waals surface area contributed by atoms with Crippen LogP contribution in [0.25, 0.3) is 0 Å². The molecule has 0 saturated carbocycles. The molecule has 17 heteroatoms. The van der Waals surface area contributed by atoms with Crippen molar-refractivity contribution in [2.45, 2.75) is 177 Å². The summed E-state index contributed by atoms with van der Waals surface area (Å²) >= 11 is 16.3. The van der Waals surface area contributed by atoms with Gasteiger partial charge in [-0.2, -0.15) is 0 Å². The van der Waals surface area contributed by atoms with E-state index >= 15 is 0 Å². The summed E-state index contributed by atoms with van der Waals surface area (Å²) in [6.45, 7) is 34.9. The summed E-state index contributed by atoms with van der Waals surface area (Å²) in [6.07, 6.45) is 1.82. The van der Waals surface area contributed by atoms with E-state index < -0.39 is 49.6 Å². The minimum atomic E-state index is -2.35. The standard InChI is InChI=1S/C19H34Cl2Ge2NP2S2.C19H34Cl2GeNP2S2/c1-13(2)25(27,14(3)4)12-17-10-9-11-18(24-17)19(23(20)21)26(28-22,15(5)6)16(7)8;1-13(2)24(26,14(3)4)12-17-10-9-11-18(23-17)19(22(20)21)25(27,15(5)6)16(7)8/h9-11,13-16,19H,12H2,1-8H3;9-11,13-16,19H,12H2,1-8H3/q+1;/t2*19-/m11/s1. The van der Waals surface area contributed by atoms with Crippen LogP contribution in [-0.2, 0) is 47.7 Å². The maximum atomic E-state index is 6.81. The molecule has 2 aromatic heterocycles. The third-order valence-corrected chi connectivity index (χ3v) is 68.9. The fraction of sp³-hybridized carbons (Fsp3) is 0.737. The average Bonchev–Trinajstić information content (AvgIpc) is 3.06. The van der Waals surface area contributed by atoms with Crippen molar-refractivity contribution in [3.8, 4) is 0 Å². The zero-order chi connectivity index (χ0) is 43.0. The Hall–Kier alpha value is 3.82. The van der Waals surface area contributed by atoms with Gasteiger partial charge >= 0.3 is 397 Å². The SMILES string of the molecule is CC(C)P(=S)(Cc1cccc([C@H]([Ge]([Cl])[Cl])P(=S)(C(C)C)C(C)C)n1)C(C)C.CC(C)P(=S)(Cc1cccc([C@H]([Ge]([Cl])[Cl])[P+]([S][Ge])(C(C)C)C(C)C)n1)C(C)C. The van der Waals surface area contributed by atoms with Crippen LogP contribution in [0.4, 0.5) is 0 Å². The molecule has 0 saturated heterocycles. The molecule has 0 bridgehead atoms. The molecular formula is C38H68Cl4Ge3N2P4S4+. The molecule has 2 nitrogen and oxygen atoms in total. The molecule has 0 aliphatic rings. The zero-order valence-electron chi connectivity index (χ0n) is 36.0. The van der Waals surface area contributed by atoms with E-state index in [9.17, 15) is 0 Å². The predicted octanol–water partition coefficient (Wildman–Crippen LogP) is 15.7. The van der Waals surface area contributed by atoms with Crippen LogP contribution in [0.15, 0.2) is 36.4 Å². The number of halogens is 4. The van der Waals surface area contributed by atoms with Gasteiger partial charge in [0.05, 0.1) is 0 Å². The van der Waals surface area contributed by atoms with Crippen molar-refractivity contribution in [3.63, 3.8) is 0 Å². The number of aromatic nitrogens is 2. The average molecular weight is 1160 g/mol. The van der Waals surface area contributed by atoms with Gasteiger partial charge in [-0.15, -0.1) is 0 Å². The van der Waals surface area contributed by atoms with Crippen LogP contribution in [0, 0.1) is 0 Å². The number of nitrogens with zero attached hydrogens (tertiary/aromatic N) is 2. The van der Waals surface area contributed by atoms with Crippen molar-refractivity contribution in [2.24, 2.45) is 0 Å². The van der Waals surface area contributed by atoms with E-state index in [1.807, 2.05) is 9.71 Å². The van der Waals surface area contributed by atoms with Crippen LogP contribution in [0.1, 0.15) is 143 Å².